The second-order valence-electron chi connectivity index (χ2n) is 5.39. The number of rotatable bonds is 3. The van der Waals surface area contributed by atoms with Crippen molar-refractivity contribution in [2.24, 2.45) is 0 Å². The van der Waals surface area contributed by atoms with Crippen LogP contribution < -0.4 is 10.2 Å². The van der Waals surface area contributed by atoms with E-state index in [1.54, 1.807) is 0 Å². The van der Waals surface area contributed by atoms with Crippen LogP contribution in [0, 0.1) is 6.92 Å². The van der Waals surface area contributed by atoms with Gasteiger partial charge in [0.2, 0.25) is 0 Å². The minimum Gasteiger partial charge on any atom is -0.356 e. The molecule has 0 aromatic carbocycles. The lowest BCUT2D eigenvalue weighted by Crippen LogP contribution is -2.42. The van der Waals surface area contributed by atoms with Crippen LogP contribution in [0.5, 0.6) is 0 Å². The molecule has 0 saturated carbocycles. The summed E-state index contributed by atoms with van der Waals surface area (Å²) in [6.07, 6.45) is 7.61. The number of likely N-dealkylation sites (N-methyl/N-ethyl adjacent to an activating group) is 1. The third-order valence-electron chi connectivity index (χ3n) is 3.76. The zero-order valence-corrected chi connectivity index (χ0v) is 11.6. The predicted molar refractivity (Wildman–Crippen MR) is 76.6 cm³/mol. The molecule has 1 fully saturated rings. The van der Waals surface area contributed by atoms with E-state index < -0.39 is 0 Å². The SMILES string of the molecule is Cc1cc2c(N(C)CC3CCCCN3)nccn2n1. The van der Waals surface area contributed by atoms with Crippen molar-refractivity contribution in [3.05, 3.63) is 24.2 Å². The molecule has 1 unspecified atom stereocenters. The van der Waals surface area contributed by atoms with Crippen LogP contribution >= 0.6 is 0 Å². The van der Waals surface area contributed by atoms with Gasteiger partial charge < -0.3 is 10.2 Å². The van der Waals surface area contributed by atoms with Gasteiger partial charge in [-0.3, -0.25) is 0 Å². The van der Waals surface area contributed by atoms with Crippen LogP contribution in [0.4, 0.5) is 5.82 Å². The second kappa shape index (κ2) is 5.17. The zero-order valence-electron chi connectivity index (χ0n) is 11.6. The first-order valence-corrected chi connectivity index (χ1v) is 6.99. The molecular formula is C14H21N5. The number of fused-ring (bicyclic) bond motifs is 1. The van der Waals surface area contributed by atoms with Gasteiger partial charge in [-0.1, -0.05) is 6.42 Å². The van der Waals surface area contributed by atoms with E-state index in [-0.39, 0.29) is 0 Å². The van der Waals surface area contributed by atoms with Crippen LogP contribution in [0.3, 0.4) is 0 Å². The smallest absolute Gasteiger partial charge is 0.154 e. The Morgan fingerprint density at radius 3 is 3.16 bits per heavy atom. The van der Waals surface area contributed by atoms with Crippen LogP contribution in [-0.4, -0.2) is 40.8 Å². The molecule has 2 aromatic rings. The molecule has 0 amide bonds. The van der Waals surface area contributed by atoms with E-state index in [4.69, 9.17) is 0 Å². The Labute approximate surface area is 113 Å². The molecule has 19 heavy (non-hydrogen) atoms. The van der Waals surface area contributed by atoms with E-state index in [1.807, 2.05) is 23.8 Å². The highest BCUT2D eigenvalue weighted by molar-refractivity contribution is 5.68. The number of aromatic nitrogens is 3. The number of nitrogens with zero attached hydrogens (tertiary/aromatic N) is 4. The van der Waals surface area contributed by atoms with Gasteiger partial charge in [0.25, 0.3) is 0 Å². The molecule has 1 aliphatic heterocycles. The van der Waals surface area contributed by atoms with Gasteiger partial charge in [0.1, 0.15) is 5.52 Å². The van der Waals surface area contributed by atoms with Crippen molar-refractivity contribution in [1.82, 2.24) is 19.9 Å². The average Bonchev–Trinajstić information content (AvgIpc) is 2.79. The molecule has 1 atom stereocenters. The monoisotopic (exact) mass is 259 g/mol. The maximum Gasteiger partial charge on any atom is 0.154 e. The van der Waals surface area contributed by atoms with E-state index in [1.165, 1.54) is 19.3 Å². The van der Waals surface area contributed by atoms with Crippen LogP contribution in [0.25, 0.3) is 5.52 Å². The van der Waals surface area contributed by atoms with Gasteiger partial charge in [-0.25, -0.2) is 9.50 Å². The van der Waals surface area contributed by atoms with Crippen molar-refractivity contribution in [1.29, 1.82) is 0 Å². The third-order valence-corrected chi connectivity index (χ3v) is 3.76. The highest BCUT2D eigenvalue weighted by atomic mass is 15.3. The van der Waals surface area contributed by atoms with E-state index in [2.05, 4.69) is 33.4 Å². The number of aryl methyl sites for hydroxylation is 1. The summed E-state index contributed by atoms with van der Waals surface area (Å²) in [5, 5.41) is 8.02. The molecule has 3 heterocycles. The van der Waals surface area contributed by atoms with Crippen LogP contribution in [0.1, 0.15) is 25.0 Å². The molecule has 2 aromatic heterocycles. The zero-order chi connectivity index (χ0) is 13.2. The Hall–Kier alpha value is -1.62. The number of hydrogen-bond donors (Lipinski definition) is 1. The van der Waals surface area contributed by atoms with E-state index >= 15 is 0 Å². The molecule has 0 spiro atoms. The largest absolute Gasteiger partial charge is 0.356 e. The van der Waals surface area contributed by atoms with Crippen molar-refractivity contribution >= 4 is 11.3 Å². The van der Waals surface area contributed by atoms with Gasteiger partial charge in [-0.2, -0.15) is 5.10 Å². The van der Waals surface area contributed by atoms with Gasteiger partial charge in [-0.05, 0) is 32.4 Å². The first kappa shape index (κ1) is 12.4. The average molecular weight is 259 g/mol. The van der Waals surface area contributed by atoms with Gasteiger partial charge in [0.15, 0.2) is 5.82 Å². The minimum absolute atomic E-state index is 0.574. The summed E-state index contributed by atoms with van der Waals surface area (Å²) in [5.74, 6) is 1.01. The fourth-order valence-electron chi connectivity index (χ4n) is 2.82. The van der Waals surface area contributed by atoms with Crippen LogP contribution in [0.15, 0.2) is 18.5 Å². The highest BCUT2D eigenvalue weighted by Crippen LogP contribution is 2.19. The van der Waals surface area contributed by atoms with E-state index in [9.17, 15) is 0 Å². The molecule has 0 aliphatic carbocycles. The summed E-state index contributed by atoms with van der Waals surface area (Å²) in [6, 6.07) is 2.66. The Balaban J connectivity index is 1.82. The third kappa shape index (κ3) is 2.56. The minimum atomic E-state index is 0.574. The molecule has 0 bridgehead atoms. The summed E-state index contributed by atoms with van der Waals surface area (Å²) in [4.78, 5) is 6.76. The molecule has 5 nitrogen and oxygen atoms in total. The summed E-state index contributed by atoms with van der Waals surface area (Å²) in [7, 11) is 2.11. The lowest BCUT2D eigenvalue weighted by Gasteiger charge is -2.28. The maximum atomic E-state index is 4.52. The van der Waals surface area contributed by atoms with Gasteiger partial charge in [0, 0.05) is 32.0 Å². The molecule has 0 radical (unpaired) electrons. The van der Waals surface area contributed by atoms with Crippen LogP contribution in [0.2, 0.25) is 0 Å². The Morgan fingerprint density at radius 1 is 1.47 bits per heavy atom. The molecule has 102 valence electrons. The van der Waals surface area contributed by atoms with Gasteiger partial charge in [-0.15, -0.1) is 0 Å². The quantitative estimate of drug-likeness (QED) is 0.909. The first-order valence-electron chi connectivity index (χ1n) is 6.99. The fourth-order valence-corrected chi connectivity index (χ4v) is 2.82. The predicted octanol–water partition coefficient (Wildman–Crippen LogP) is 1.62. The van der Waals surface area contributed by atoms with Crippen molar-refractivity contribution in [3.63, 3.8) is 0 Å². The normalized spacial score (nSPS) is 19.8. The molecule has 1 N–H and O–H groups in total. The number of piperidine rings is 1. The van der Waals surface area contributed by atoms with Crippen molar-refractivity contribution < 1.29 is 0 Å². The summed E-state index contributed by atoms with van der Waals surface area (Å²) in [6.45, 7) is 4.15. The van der Waals surface area contributed by atoms with Crippen molar-refractivity contribution in [3.8, 4) is 0 Å². The van der Waals surface area contributed by atoms with Crippen molar-refractivity contribution in [2.75, 3.05) is 25.0 Å². The fraction of sp³-hybridized carbons (Fsp3) is 0.571. The highest BCUT2D eigenvalue weighted by Gasteiger charge is 2.17. The van der Waals surface area contributed by atoms with Crippen molar-refractivity contribution in [2.45, 2.75) is 32.2 Å². The molecular weight excluding hydrogens is 238 g/mol. The lowest BCUT2D eigenvalue weighted by atomic mass is 10.0. The van der Waals surface area contributed by atoms with Crippen LogP contribution in [-0.2, 0) is 0 Å². The lowest BCUT2D eigenvalue weighted by molar-refractivity contribution is 0.403. The van der Waals surface area contributed by atoms with E-state index in [0.29, 0.717) is 6.04 Å². The standard InChI is InChI=1S/C14H21N5/c1-11-9-13-14(16-7-8-19(13)17-11)18(2)10-12-5-3-4-6-15-12/h7-9,12,15H,3-6,10H2,1-2H3. The Kier molecular flexibility index (Phi) is 3.38. The molecule has 5 heteroatoms. The number of nitrogens with one attached hydrogen (secondary N) is 1. The molecule has 1 aliphatic rings. The number of anilines is 1. The summed E-state index contributed by atoms with van der Waals surface area (Å²) < 4.78 is 1.91. The maximum absolute atomic E-state index is 4.52. The Morgan fingerprint density at radius 2 is 2.37 bits per heavy atom. The van der Waals surface area contributed by atoms with Gasteiger partial charge >= 0.3 is 0 Å². The summed E-state index contributed by atoms with van der Waals surface area (Å²) >= 11 is 0. The molecule has 3 rings (SSSR count). The van der Waals surface area contributed by atoms with E-state index in [0.717, 1.165) is 30.1 Å². The first-order chi connectivity index (χ1) is 9.24. The summed E-state index contributed by atoms with van der Waals surface area (Å²) in [5.41, 5.74) is 2.11. The Bertz CT molecular complexity index is 556. The second-order valence-corrected chi connectivity index (χ2v) is 5.39. The van der Waals surface area contributed by atoms with Gasteiger partial charge in [0.05, 0.1) is 5.69 Å². The molecule has 1 saturated heterocycles. The topological polar surface area (TPSA) is 45.5 Å². The number of hydrogen-bond acceptors (Lipinski definition) is 4.